The molecule has 0 amide bonds. The first-order valence-corrected chi connectivity index (χ1v) is 15.4. The minimum atomic E-state index is -0.0739. The standard InChI is InChI=1S/C43H31N/c1-43(2)41-14-8-7-13-38(41)39-22-21-36(27-42(39)43)44(34-20-18-32-23-30-10-3-4-11-31(30)24-33(32)25-34)35-19-17-29-16-15-28-9-5-6-12-37(28)40(29)26-35/h3-27H,1-2H3. The maximum atomic E-state index is 2.44. The molecular formula is C43H31N. The second-order valence-corrected chi connectivity index (χ2v) is 12.7. The van der Waals surface area contributed by atoms with Gasteiger partial charge in [0.1, 0.15) is 0 Å². The SMILES string of the molecule is CC1(C)c2ccccc2-c2ccc(N(c3ccc4cc5ccccc5cc4c3)c3ccc4ccc5ccccc5c4c3)cc21. The van der Waals surface area contributed by atoms with Crippen LogP contribution in [0.15, 0.2) is 152 Å². The van der Waals surface area contributed by atoms with Crippen LogP contribution in [-0.2, 0) is 5.41 Å². The van der Waals surface area contributed by atoms with Crippen molar-refractivity contribution in [3.8, 4) is 11.1 Å². The summed E-state index contributed by atoms with van der Waals surface area (Å²) in [6.45, 7) is 4.71. The van der Waals surface area contributed by atoms with Crippen LogP contribution in [0, 0.1) is 0 Å². The van der Waals surface area contributed by atoms with E-state index in [0.29, 0.717) is 0 Å². The predicted octanol–water partition coefficient (Wildman–Crippen LogP) is 12.1. The second-order valence-electron chi connectivity index (χ2n) is 12.7. The van der Waals surface area contributed by atoms with Gasteiger partial charge in [0.25, 0.3) is 0 Å². The van der Waals surface area contributed by atoms with Gasteiger partial charge in [-0.1, -0.05) is 117 Å². The summed E-state index contributed by atoms with van der Waals surface area (Å²) in [4.78, 5) is 2.44. The van der Waals surface area contributed by atoms with E-state index in [2.05, 4.69) is 170 Å². The van der Waals surface area contributed by atoms with Crippen molar-refractivity contribution in [1.82, 2.24) is 0 Å². The Balaban J connectivity index is 1.29. The zero-order valence-electron chi connectivity index (χ0n) is 24.9. The quantitative estimate of drug-likeness (QED) is 0.153. The van der Waals surface area contributed by atoms with Crippen molar-refractivity contribution in [3.05, 3.63) is 163 Å². The van der Waals surface area contributed by atoms with Gasteiger partial charge in [-0.15, -0.1) is 0 Å². The molecule has 44 heavy (non-hydrogen) atoms. The summed E-state index contributed by atoms with van der Waals surface area (Å²) in [5, 5.41) is 10.1. The Morgan fingerprint density at radius 3 is 1.70 bits per heavy atom. The van der Waals surface area contributed by atoms with Gasteiger partial charge in [0.15, 0.2) is 0 Å². The Morgan fingerprint density at radius 1 is 0.364 bits per heavy atom. The molecule has 0 heterocycles. The van der Waals surface area contributed by atoms with Crippen LogP contribution in [0.5, 0.6) is 0 Å². The molecule has 1 heteroatoms. The van der Waals surface area contributed by atoms with Crippen molar-refractivity contribution >= 4 is 60.2 Å². The molecule has 0 aromatic heterocycles. The monoisotopic (exact) mass is 561 g/mol. The van der Waals surface area contributed by atoms with Crippen LogP contribution in [0.1, 0.15) is 25.0 Å². The van der Waals surface area contributed by atoms with Gasteiger partial charge in [0.05, 0.1) is 0 Å². The summed E-state index contributed by atoms with van der Waals surface area (Å²) in [5.74, 6) is 0. The average molecular weight is 562 g/mol. The zero-order chi connectivity index (χ0) is 29.4. The number of rotatable bonds is 3. The van der Waals surface area contributed by atoms with E-state index in [4.69, 9.17) is 0 Å². The number of hydrogen-bond donors (Lipinski definition) is 0. The van der Waals surface area contributed by atoms with Crippen molar-refractivity contribution in [2.75, 3.05) is 4.90 Å². The molecule has 0 saturated heterocycles. The summed E-state index contributed by atoms with van der Waals surface area (Å²) < 4.78 is 0. The first-order valence-electron chi connectivity index (χ1n) is 15.4. The molecule has 0 fully saturated rings. The highest BCUT2D eigenvalue weighted by Crippen LogP contribution is 2.51. The van der Waals surface area contributed by atoms with E-state index < -0.39 is 0 Å². The van der Waals surface area contributed by atoms with E-state index in [1.54, 1.807) is 0 Å². The van der Waals surface area contributed by atoms with Crippen LogP contribution in [0.2, 0.25) is 0 Å². The third-order valence-electron chi connectivity index (χ3n) is 9.76. The van der Waals surface area contributed by atoms with Gasteiger partial charge in [-0.2, -0.15) is 0 Å². The van der Waals surface area contributed by atoms with Gasteiger partial charge in [-0.25, -0.2) is 0 Å². The van der Waals surface area contributed by atoms with Crippen LogP contribution in [0.3, 0.4) is 0 Å². The lowest BCUT2D eigenvalue weighted by atomic mass is 9.82. The first kappa shape index (κ1) is 25.1. The van der Waals surface area contributed by atoms with Crippen LogP contribution in [-0.4, -0.2) is 0 Å². The van der Waals surface area contributed by atoms with Crippen LogP contribution < -0.4 is 4.90 Å². The first-order chi connectivity index (χ1) is 21.5. The van der Waals surface area contributed by atoms with Gasteiger partial charge in [-0.3, -0.25) is 0 Å². The van der Waals surface area contributed by atoms with Crippen LogP contribution >= 0.6 is 0 Å². The Morgan fingerprint density at radius 2 is 0.886 bits per heavy atom. The van der Waals surface area contributed by atoms with Crippen molar-refractivity contribution in [3.63, 3.8) is 0 Å². The molecule has 0 N–H and O–H groups in total. The summed E-state index contributed by atoms with van der Waals surface area (Å²) in [6, 6.07) is 56.1. The smallest absolute Gasteiger partial charge is 0.0468 e. The maximum Gasteiger partial charge on any atom is 0.0468 e. The van der Waals surface area contributed by atoms with E-state index >= 15 is 0 Å². The topological polar surface area (TPSA) is 3.24 Å². The molecule has 8 aromatic carbocycles. The normalized spacial score (nSPS) is 13.4. The van der Waals surface area contributed by atoms with Crippen molar-refractivity contribution in [2.45, 2.75) is 19.3 Å². The van der Waals surface area contributed by atoms with Crippen molar-refractivity contribution in [2.24, 2.45) is 0 Å². The molecule has 1 aliphatic rings. The lowest BCUT2D eigenvalue weighted by Gasteiger charge is -2.28. The average Bonchev–Trinajstić information content (AvgIpc) is 3.29. The fraction of sp³-hybridized carbons (Fsp3) is 0.0698. The van der Waals surface area contributed by atoms with E-state index in [9.17, 15) is 0 Å². The summed E-state index contributed by atoms with van der Waals surface area (Å²) in [5.41, 5.74) is 8.86. The molecule has 1 aliphatic carbocycles. The number of anilines is 3. The molecule has 8 aromatic rings. The highest BCUT2D eigenvalue weighted by atomic mass is 15.1. The third kappa shape index (κ3) is 3.72. The maximum absolute atomic E-state index is 2.44. The Hall–Kier alpha value is -5.40. The third-order valence-corrected chi connectivity index (χ3v) is 9.76. The van der Waals surface area contributed by atoms with E-state index in [0.717, 1.165) is 11.4 Å². The number of benzene rings is 8. The molecule has 0 spiro atoms. The molecule has 208 valence electrons. The number of hydrogen-bond acceptors (Lipinski definition) is 1. The Labute approximate surface area is 257 Å². The fourth-order valence-corrected chi connectivity index (χ4v) is 7.47. The number of fused-ring (bicyclic) bond motifs is 8. The largest absolute Gasteiger partial charge is 0.310 e. The predicted molar refractivity (Wildman–Crippen MR) is 189 cm³/mol. The zero-order valence-corrected chi connectivity index (χ0v) is 24.9. The summed E-state index contributed by atoms with van der Waals surface area (Å²) >= 11 is 0. The Bertz CT molecular complexity index is 2430. The van der Waals surface area contributed by atoms with E-state index in [1.165, 1.54) is 71.0 Å². The molecule has 0 bridgehead atoms. The van der Waals surface area contributed by atoms with Crippen molar-refractivity contribution in [1.29, 1.82) is 0 Å². The summed E-state index contributed by atoms with van der Waals surface area (Å²) in [6.07, 6.45) is 0. The molecule has 0 aliphatic heterocycles. The van der Waals surface area contributed by atoms with Gasteiger partial charge in [0.2, 0.25) is 0 Å². The Kier molecular flexibility index (Phi) is 5.31. The minimum absolute atomic E-state index is 0.0739. The molecular weight excluding hydrogens is 530 g/mol. The lowest BCUT2D eigenvalue weighted by Crippen LogP contribution is -2.16. The molecule has 0 radical (unpaired) electrons. The molecule has 0 atom stereocenters. The highest BCUT2D eigenvalue weighted by molar-refractivity contribution is 6.09. The van der Waals surface area contributed by atoms with E-state index in [-0.39, 0.29) is 5.41 Å². The lowest BCUT2D eigenvalue weighted by molar-refractivity contribution is 0.660. The molecule has 9 rings (SSSR count). The van der Waals surface area contributed by atoms with Gasteiger partial charge in [-0.05, 0) is 114 Å². The summed E-state index contributed by atoms with van der Waals surface area (Å²) in [7, 11) is 0. The molecule has 0 saturated carbocycles. The minimum Gasteiger partial charge on any atom is -0.310 e. The van der Waals surface area contributed by atoms with Crippen LogP contribution in [0.25, 0.3) is 54.2 Å². The van der Waals surface area contributed by atoms with E-state index in [1.807, 2.05) is 0 Å². The van der Waals surface area contributed by atoms with Gasteiger partial charge >= 0.3 is 0 Å². The van der Waals surface area contributed by atoms with Crippen molar-refractivity contribution < 1.29 is 0 Å². The molecule has 1 nitrogen and oxygen atoms in total. The fourth-order valence-electron chi connectivity index (χ4n) is 7.47. The van der Waals surface area contributed by atoms with Crippen LogP contribution in [0.4, 0.5) is 17.1 Å². The van der Waals surface area contributed by atoms with Gasteiger partial charge < -0.3 is 4.90 Å². The highest BCUT2D eigenvalue weighted by Gasteiger charge is 2.35. The molecule has 0 unspecified atom stereocenters. The van der Waals surface area contributed by atoms with Gasteiger partial charge in [0, 0.05) is 22.5 Å². The number of nitrogens with zero attached hydrogens (tertiary/aromatic N) is 1. The second kappa shape index (κ2) is 9.30.